The van der Waals surface area contributed by atoms with E-state index in [1.54, 1.807) is 18.2 Å². The van der Waals surface area contributed by atoms with Gasteiger partial charge < -0.3 is 19.7 Å². The molecule has 8 nitrogen and oxygen atoms in total. The number of aromatic amines is 1. The Morgan fingerprint density at radius 1 is 0.932 bits per heavy atom. The van der Waals surface area contributed by atoms with Crippen LogP contribution in [0.25, 0.3) is 33.3 Å². The molecule has 5 rings (SSSR count). The summed E-state index contributed by atoms with van der Waals surface area (Å²) in [5.41, 5.74) is 5.78. The molecule has 11 heteroatoms. The number of ether oxygens (including phenoxy) is 1. The molecule has 0 aliphatic heterocycles. The number of pyridine rings is 2. The van der Waals surface area contributed by atoms with Crippen LogP contribution in [0.5, 0.6) is 5.75 Å². The normalized spacial score (nSPS) is 10.9. The van der Waals surface area contributed by atoms with E-state index in [0.717, 1.165) is 33.6 Å². The van der Waals surface area contributed by atoms with Gasteiger partial charge in [-0.3, -0.25) is 9.59 Å². The lowest BCUT2D eigenvalue weighted by atomic mass is 9.97. The SMILES string of the molecule is CCC(=O)N(Cc1ccc(-c2nc3cc[nH]c(=O)c3cc2-c2ccccc2)cc1)c1ccccc1OC.O=C(O)C(F)(F)F. The number of carbonyl (C=O) groups excluding carboxylic acids is 1. The molecule has 0 atom stereocenters. The third-order valence-corrected chi connectivity index (χ3v) is 6.63. The summed E-state index contributed by atoms with van der Waals surface area (Å²) in [6.45, 7) is 2.27. The standard InChI is InChI=1S/C31H27N3O3.C2HF3O2/c1-3-29(35)34(27-11-7-8-12-28(27)37-2)20-21-13-15-23(16-14-21)30-24(22-9-5-4-6-10-22)19-25-26(33-30)17-18-32-31(25)36;3-2(4,5)1(6)7/h4-19H,3,20H2,1-2H3,(H,32,36);(H,6,7). The summed E-state index contributed by atoms with van der Waals surface area (Å²) < 4.78 is 37.2. The Kier molecular flexibility index (Phi) is 9.79. The van der Waals surface area contributed by atoms with Crippen molar-refractivity contribution < 1.29 is 32.6 Å². The number of nitrogens with zero attached hydrogens (tertiary/aromatic N) is 2. The number of aliphatic carboxylic acids is 1. The van der Waals surface area contributed by atoms with Gasteiger partial charge in [-0.2, -0.15) is 13.2 Å². The maximum absolute atomic E-state index is 12.9. The first-order valence-corrected chi connectivity index (χ1v) is 13.4. The number of para-hydroxylation sites is 2. The third-order valence-electron chi connectivity index (χ3n) is 6.63. The highest BCUT2D eigenvalue weighted by Gasteiger charge is 2.38. The van der Waals surface area contributed by atoms with E-state index in [1.807, 2.05) is 97.9 Å². The Balaban J connectivity index is 0.000000566. The number of carboxylic acids is 1. The quantitative estimate of drug-likeness (QED) is 0.211. The van der Waals surface area contributed by atoms with E-state index in [4.69, 9.17) is 19.6 Å². The zero-order valence-corrected chi connectivity index (χ0v) is 23.8. The van der Waals surface area contributed by atoms with Crippen LogP contribution in [0.4, 0.5) is 18.9 Å². The molecule has 3 aromatic carbocycles. The number of hydrogen-bond acceptors (Lipinski definition) is 5. The highest BCUT2D eigenvalue weighted by Crippen LogP contribution is 2.34. The topological polar surface area (TPSA) is 113 Å². The van der Waals surface area contributed by atoms with Crippen LogP contribution >= 0.6 is 0 Å². The zero-order chi connectivity index (χ0) is 31.9. The number of hydrogen-bond donors (Lipinski definition) is 2. The molecular formula is C33H28F3N3O5. The van der Waals surface area contributed by atoms with Gasteiger partial charge in [0.2, 0.25) is 5.91 Å². The van der Waals surface area contributed by atoms with Gasteiger partial charge in [-0.1, -0.05) is 73.7 Å². The summed E-state index contributed by atoms with van der Waals surface area (Å²) in [6, 6.07) is 29.2. The number of fused-ring (bicyclic) bond motifs is 1. The largest absolute Gasteiger partial charge is 0.495 e. The number of H-pyrrole nitrogens is 1. The van der Waals surface area contributed by atoms with Gasteiger partial charge in [0.15, 0.2) is 0 Å². The second-order valence-electron chi connectivity index (χ2n) is 9.50. The number of nitrogens with one attached hydrogen (secondary N) is 1. The molecule has 0 saturated carbocycles. The first-order valence-electron chi connectivity index (χ1n) is 13.4. The first-order chi connectivity index (χ1) is 21.0. The number of halogens is 3. The maximum Gasteiger partial charge on any atom is 0.490 e. The van der Waals surface area contributed by atoms with Crippen molar-refractivity contribution in [3.63, 3.8) is 0 Å². The van der Waals surface area contributed by atoms with E-state index in [-0.39, 0.29) is 11.5 Å². The fourth-order valence-electron chi connectivity index (χ4n) is 4.47. The molecule has 0 fully saturated rings. The van der Waals surface area contributed by atoms with Gasteiger partial charge in [-0.25, -0.2) is 9.78 Å². The highest BCUT2D eigenvalue weighted by atomic mass is 19.4. The number of carbonyl (C=O) groups is 2. The number of amides is 1. The second kappa shape index (κ2) is 13.7. The van der Waals surface area contributed by atoms with Crippen LogP contribution in [-0.4, -0.2) is 40.2 Å². The summed E-state index contributed by atoms with van der Waals surface area (Å²) in [6.07, 6.45) is -3.08. The monoisotopic (exact) mass is 603 g/mol. The number of benzene rings is 3. The molecule has 2 N–H and O–H groups in total. The van der Waals surface area contributed by atoms with Crippen LogP contribution in [0.15, 0.2) is 102 Å². The van der Waals surface area contributed by atoms with E-state index in [0.29, 0.717) is 29.6 Å². The Morgan fingerprint density at radius 3 is 2.18 bits per heavy atom. The average molecular weight is 604 g/mol. The van der Waals surface area contributed by atoms with E-state index in [1.165, 1.54) is 0 Å². The second-order valence-corrected chi connectivity index (χ2v) is 9.50. The molecule has 2 heterocycles. The Bertz CT molecular complexity index is 1820. The molecule has 1 amide bonds. The van der Waals surface area contributed by atoms with Crippen LogP contribution in [0.2, 0.25) is 0 Å². The van der Waals surface area contributed by atoms with Gasteiger partial charge in [-0.15, -0.1) is 0 Å². The highest BCUT2D eigenvalue weighted by molar-refractivity contribution is 5.95. The molecule has 0 unspecified atom stereocenters. The maximum atomic E-state index is 12.9. The number of rotatable bonds is 7. The van der Waals surface area contributed by atoms with Gasteiger partial charge in [0, 0.05) is 23.7 Å². The number of methoxy groups -OCH3 is 1. The van der Waals surface area contributed by atoms with Crippen molar-refractivity contribution in [2.24, 2.45) is 0 Å². The Labute approximate surface area is 250 Å². The number of carboxylic acid groups (broad SMARTS) is 1. The van der Waals surface area contributed by atoms with Crippen molar-refractivity contribution in [2.75, 3.05) is 12.0 Å². The van der Waals surface area contributed by atoms with Gasteiger partial charge in [0.25, 0.3) is 5.56 Å². The molecule has 5 aromatic rings. The lowest BCUT2D eigenvalue weighted by Gasteiger charge is -2.24. The fraction of sp³-hybridized carbons (Fsp3) is 0.152. The van der Waals surface area contributed by atoms with E-state index < -0.39 is 12.1 Å². The van der Waals surface area contributed by atoms with E-state index in [2.05, 4.69) is 4.98 Å². The lowest BCUT2D eigenvalue weighted by Crippen LogP contribution is -2.30. The van der Waals surface area contributed by atoms with Crippen molar-refractivity contribution in [3.05, 3.63) is 113 Å². The summed E-state index contributed by atoms with van der Waals surface area (Å²) in [5.74, 6) is -2.09. The summed E-state index contributed by atoms with van der Waals surface area (Å²) in [7, 11) is 1.61. The molecule has 226 valence electrons. The summed E-state index contributed by atoms with van der Waals surface area (Å²) in [4.78, 5) is 43.6. The third kappa shape index (κ3) is 7.30. The Morgan fingerprint density at radius 2 is 1.57 bits per heavy atom. The summed E-state index contributed by atoms with van der Waals surface area (Å²) >= 11 is 0. The molecule has 44 heavy (non-hydrogen) atoms. The molecule has 0 aliphatic rings. The van der Waals surface area contributed by atoms with Gasteiger partial charge in [0.1, 0.15) is 5.75 Å². The van der Waals surface area contributed by atoms with Gasteiger partial charge in [-0.05, 0) is 35.4 Å². The van der Waals surface area contributed by atoms with Crippen LogP contribution in [0.3, 0.4) is 0 Å². The minimum absolute atomic E-state index is 0.0151. The van der Waals surface area contributed by atoms with Crippen molar-refractivity contribution in [1.82, 2.24) is 9.97 Å². The minimum Gasteiger partial charge on any atom is -0.495 e. The van der Waals surface area contributed by atoms with Crippen LogP contribution in [0.1, 0.15) is 18.9 Å². The van der Waals surface area contributed by atoms with Gasteiger partial charge >= 0.3 is 12.1 Å². The van der Waals surface area contributed by atoms with Crippen LogP contribution < -0.4 is 15.2 Å². The number of aromatic nitrogens is 2. The molecule has 0 bridgehead atoms. The molecule has 0 radical (unpaired) electrons. The summed E-state index contributed by atoms with van der Waals surface area (Å²) in [5, 5.41) is 7.67. The van der Waals surface area contributed by atoms with Crippen LogP contribution in [0, 0.1) is 0 Å². The molecule has 0 aliphatic carbocycles. The lowest BCUT2D eigenvalue weighted by molar-refractivity contribution is -0.192. The smallest absolute Gasteiger partial charge is 0.490 e. The van der Waals surface area contributed by atoms with E-state index in [9.17, 15) is 22.8 Å². The van der Waals surface area contributed by atoms with Crippen molar-refractivity contribution in [1.29, 1.82) is 0 Å². The molecule has 0 saturated heterocycles. The first kappa shape index (κ1) is 31.5. The fourth-order valence-corrected chi connectivity index (χ4v) is 4.47. The molecule has 2 aromatic heterocycles. The molecule has 0 spiro atoms. The number of anilines is 1. The zero-order valence-electron chi connectivity index (χ0n) is 23.8. The van der Waals surface area contributed by atoms with Crippen molar-refractivity contribution >= 4 is 28.5 Å². The molecular weight excluding hydrogens is 575 g/mol. The predicted molar refractivity (Wildman–Crippen MR) is 161 cm³/mol. The predicted octanol–water partition coefficient (Wildman–Crippen LogP) is 6.84. The Hall–Kier alpha value is -5.45. The minimum atomic E-state index is -5.08. The van der Waals surface area contributed by atoms with E-state index >= 15 is 0 Å². The average Bonchev–Trinajstić information content (AvgIpc) is 3.03. The van der Waals surface area contributed by atoms with Gasteiger partial charge in [0.05, 0.1) is 35.9 Å². The van der Waals surface area contributed by atoms with Crippen molar-refractivity contribution in [2.45, 2.75) is 26.1 Å². The number of alkyl halides is 3. The van der Waals surface area contributed by atoms with Crippen LogP contribution in [-0.2, 0) is 16.1 Å². The van der Waals surface area contributed by atoms with Crippen molar-refractivity contribution in [3.8, 4) is 28.1 Å².